The van der Waals surface area contributed by atoms with Gasteiger partial charge in [-0.15, -0.1) is 0 Å². The summed E-state index contributed by atoms with van der Waals surface area (Å²) in [5.74, 6) is -0.285. The van der Waals surface area contributed by atoms with Crippen molar-refractivity contribution in [3.8, 4) is 0 Å². The summed E-state index contributed by atoms with van der Waals surface area (Å²) in [4.78, 5) is 11.1. The number of halogens is 1. The number of alkyl halides is 1. The first-order valence-corrected chi connectivity index (χ1v) is 5.22. The molecule has 70 valence electrons. The van der Waals surface area contributed by atoms with Crippen molar-refractivity contribution in [3.05, 3.63) is 35.4 Å². The highest BCUT2D eigenvalue weighted by molar-refractivity contribution is 14.1. The molecule has 0 heterocycles. The maximum absolute atomic E-state index is 11.1. The Morgan fingerprint density at radius 3 is 2.31 bits per heavy atom. The third-order valence-electron chi connectivity index (χ3n) is 1.79. The fourth-order valence-electron chi connectivity index (χ4n) is 1.00. The van der Waals surface area contributed by atoms with Gasteiger partial charge in [0.1, 0.15) is 0 Å². The summed E-state index contributed by atoms with van der Waals surface area (Å²) in [5, 5.41) is 0. The highest BCUT2D eigenvalue weighted by atomic mass is 127. The predicted molar refractivity (Wildman–Crippen MR) is 60.2 cm³/mol. The lowest BCUT2D eigenvalue weighted by atomic mass is 10.1. The van der Waals surface area contributed by atoms with Crippen molar-refractivity contribution in [1.82, 2.24) is 0 Å². The number of esters is 1. The van der Waals surface area contributed by atoms with E-state index in [0.717, 1.165) is 0 Å². The molecule has 0 aliphatic carbocycles. The van der Waals surface area contributed by atoms with Crippen LogP contribution in [-0.2, 0) is 4.74 Å². The number of rotatable bonds is 2. The number of hydrogen-bond acceptors (Lipinski definition) is 2. The van der Waals surface area contributed by atoms with Crippen molar-refractivity contribution in [2.75, 3.05) is 7.11 Å². The SMILES string of the molecule is COC(=O)c1ccc(C(C)I)cc1. The second kappa shape index (κ2) is 4.60. The molecule has 0 aromatic heterocycles. The minimum Gasteiger partial charge on any atom is -0.465 e. The van der Waals surface area contributed by atoms with Crippen molar-refractivity contribution < 1.29 is 9.53 Å². The molecule has 2 nitrogen and oxygen atoms in total. The lowest BCUT2D eigenvalue weighted by Gasteiger charge is -2.04. The quantitative estimate of drug-likeness (QED) is 0.475. The molecule has 0 aliphatic rings. The second-order valence-electron chi connectivity index (χ2n) is 2.73. The third-order valence-corrected chi connectivity index (χ3v) is 2.51. The van der Waals surface area contributed by atoms with Crippen LogP contribution in [0.15, 0.2) is 24.3 Å². The van der Waals surface area contributed by atoms with Crippen LogP contribution in [0.3, 0.4) is 0 Å². The molecule has 13 heavy (non-hydrogen) atoms. The molecule has 1 rings (SSSR count). The molecule has 1 atom stereocenters. The molecule has 1 aromatic rings. The summed E-state index contributed by atoms with van der Waals surface area (Å²) in [6.07, 6.45) is 0. The Kier molecular flexibility index (Phi) is 3.71. The largest absolute Gasteiger partial charge is 0.465 e. The molecule has 0 amide bonds. The van der Waals surface area contributed by atoms with Gasteiger partial charge in [-0.1, -0.05) is 34.7 Å². The van der Waals surface area contributed by atoms with E-state index in [0.29, 0.717) is 9.49 Å². The lowest BCUT2D eigenvalue weighted by molar-refractivity contribution is 0.0600. The summed E-state index contributed by atoms with van der Waals surface area (Å²) in [5.41, 5.74) is 1.82. The van der Waals surface area contributed by atoms with Gasteiger partial charge in [0, 0.05) is 3.92 Å². The third kappa shape index (κ3) is 2.69. The summed E-state index contributed by atoms with van der Waals surface area (Å²) >= 11 is 2.33. The minimum atomic E-state index is -0.285. The Morgan fingerprint density at radius 1 is 1.38 bits per heavy atom. The first kappa shape index (κ1) is 10.5. The normalized spacial score (nSPS) is 12.2. The van der Waals surface area contributed by atoms with Crippen molar-refractivity contribution in [1.29, 1.82) is 0 Å². The number of ether oxygens (including phenoxy) is 1. The molecule has 0 bridgehead atoms. The number of carbonyl (C=O) groups excluding carboxylic acids is 1. The zero-order chi connectivity index (χ0) is 9.84. The zero-order valence-electron chi connectivity index (χ0n) is 7.58. The molecule has 3 heteroatoms. The summed E-state index contributed by atoms with van der Waals surface area (Å²) in [6.45, 7) is 2.10. The van der Waals surface area contributed by atoms with E-state index in [1.807, 2.05) is 12.1 Å². The van der Waals surface area contributed by atoms with Crippen molar-refractivity contribution in [2.24, 2.45) is 0 Å². The molecule has 0 radical (unpaired) electrons. The van der Waals surface area contributed by atoms with E-state index in [1.54, 1.807) is 12.1 Å². The monoisotopic (exact) mass is 290 g/mol. The van der Waals surface area contributed by atoms with Gasteiger partial charge in [-0.25, -0.2) is 4.79 Å². The molecule has 0 fully saturated rings. The molecule has 1 unspecified atom stereocenters. The van der Waals surface area contributed by atoms with E-state index in [4.69, 9.17) is 0 Å². The highest BCUT2D eigenvalue weighted by Crippen LogP contribution is 2.22. The van der Waals surface area contributed by atoms with Gasteiger partial charge in [0.2, 0.25) is 0 Å². The van der Waals surface area contributed by atoms with Gasteiger partial charge in [-0.05, 0) is 24.6 Å². The van der Waals surface area contributed by atoms with Crippen molar-refractivity contribution in [2.45, 2.75) is 10.8 Å². The van der Waals surface area contributed by atoms with Crippen LogP contribution in [0.4, 0.5) is 0 Å². The topological polar surface area (TPSA) is 26.3 Å². The second-order valence-corrected chi connectivity index (χ2v) is 4.60. The molecule has 1 aromatic carbocycles. The van der Waals surface area contributed by atoms with E-state index in [2.05, 4.69) is 34.3 Å². The van der Waals surface area contributed by atoms with Crippen LogP contribution in [0.1, 0.15) is 26.8 Å². The van der Waals surface area contributed by atoms with Gasteiger partial charge in [0.05, 0.1) is 12.7 Å². The number of methoxy groups -OCH3 is 1. The van der Waals surface area contributed by atoms with Gasteiger partial charge in [0.25, 0.3) is 0 Å². The van der Waals surface area contributed by atoms with Gasteiger partial charge < -0.3 is 4.74 Å². The molecule has 0 aliphatic heterocycles. The Bertz CT molecular complexity index is 290. The highest BCUT2D eigenvalue weighted by Gasteiger charge is 2.05. The number of hydrogen-bond donors (Lipinski definition) is 0. The van der Waals surface area contributed by atoms with Gasteiger partial charge in [0.15, 0.2) is 0 Å². The van der Waals surface area contributed by atoms with Crippen LogP contribution in [0.5, 0.6) is 0 Å². The minimum absolute atomic E-state index is 0.285. The van der Waals surface area contributed by atoms with Gasteiger partial charge >= 0.3 is 5.97 Å². The molecule has 0 saturated heterocycles. The Balaban J connectivity index is 2.87. The van der Waals surface area contributed by atoms with E-state index >= 15 is 0 Å². The molecular formula is C10H11IO2. The van der Waals surface area contributed by atoms with Crippen molar-refractivity contribution in [3.63, 3.8) is 0 Å². The van der Waals surface area contributed by atoms with Crippen LogP contribution in [0, 0.1) is 0 Å². The Morgan fingerprint density at radius 2 is 1.92 bits per heavy atom. The summed E-state index contributed by atoms with van der Waals surface area (Å²) in [7, 11) is 1.39. The zero-order valence-corrected chi connectivity index (χ0v) is 9.74. The van der Waals surface area contributed by atoms with Crippen molar-refractivity contribution >= 4 is 28.6 Å². The standard InChI is InChI=1S/C10H11IO2/c1-7(11)8-3-5-9(6-4-8)10(12)13-2/h3-7H,1-2H3. The maximum atomic E-state index is 11.1. The smallest absolute Gasteiger partial charge is 0.337 e. The molecule has 0 saturated carbocycles. The van der Waals surface area contributed by atoms with Crippen LogP contribution < -0.4 is 0 Å². The summed E-state index contributed by atoms with van der Waals surface area (Å²) < 4.78 is 5.06. The number of carbonyl (C=O) groups is 1. The average molecular weight is 290 g/mol. The molecule has 0 N–H and O–H groups in total. The van der Waals surface area contributed by atoms with Crippen LogP contribution in [0.25, 0.3) is 0 Å². The average Bonchev–Trinajstić information content (AvgIpc) is 2.17. The Hall–Kier alpha value is -0.580. The lowest BCUT2D eigenvalue weighted by Crippen LogP contribution is -2.00. The fraction of sp³-hybridized carbons (Fsp3) is 0.300. The number of benzene rings is 1. The van der Waals surface area contributed by atoms with E-state index in [9.17, 15) is 4.79 Å². The van der Waals surface area contributed by atoms with E-state index in [-0.39, 0.29) is 5.97 Å². The summed E-state index contributed by atoms with van der Waals surface area (Å²) in [6, 6.07) is 7.47. The van der Waals surface area contributed by atoms with Gasteiger partial charge in [-0.2, -0.15) is 0 Å². The van der Waals surface area contributed by atoms with Crippen LogP contribution in [-0.4, -0.2) is 13.1 Å². The van der Waals surface area contributed by atoms with Crippen LogP contribution in [0.2, 0.25) is 0 Å². The Labute approximate surface area is 91.4 Å². The predicted octanol–water partition coefficient (Wildman–Crippen LogP) is 2.97. The molecule has 0 spiro atoms. The molecular weight excluding hydrogens is 279 g/mol. The fourth-order valence-corrected chi connectivity index (χ4v) is 1.42. The van der Waals surface area contributed by atoms with E-state index in [1.165, 1.54) is 12.7 Å². The maximum Gasteiger partial charge on any atom is 0.337 e. The first-order chi connectivity index (χ1) is 6.15. The first-order valence-electron chi connectivity index (χ1n) is 3.97. The van der Waals surface area contributed by atoms with Gasteiger partial charge in [-0.3, -0.25) is 0 Å². The van der Waals surface area contributed by atoms with E-state index < -0.39 is 0 Å². The van der Waals surface area contributed by atoms with Crippen LogP contribution >= 0.6 is 22.6 Å².